The van der Waals surface area contributed by atoms with E-state index < -0.39 is 24.2 Å². The molecule has 0 saturated heterocycles. The second-order valence-electron chi connectivity index (χ2n) is 15.6. The zero-order valence-corrected chi connectivity index (χ0v) is 35.1. The molecule has 4 N–H and O–H groups in total. The average molecular weight is 744 g/mol. The van der Waals surface area contributed by atoms with E-state index in [0.29, 0.717) is 6.42 Å². The Balaban J connectivity index is 3.69. The van der Waals surface area contributed by atoms with Gasteiger partial charge in [0.1, 0.15) is 6.10 Å². The molecule has 3 atom stereocenters. The van der Waals surface area contributed by atoms with Crippen molar-refractivity contribution in [1.82, 2.24) is 5.32 Å². The number of aliphatic hydroxyl groups is 3. The van der Waals surface area contributed by atoms with Gasteiger partial charge >= 0.3 is 0 Å². The molecule has 3 unspecified atom stereocenters. The summed E-state index contributed by atoms with van der Waals surface area (Å²) in [5.41, 5.74) is 0. The van der Waals surface area contributed by atoms with Crippen LogP contribution in [-0.2, 0) is 4.79 Å². The molecule has 0 rings (SSSR count). The highest BCUT2D eigenvalue weighted by Crippen LogP contribution is 2.15. The largest absolute Gasteiger partial charge is 0.394 e. The second kappa shape index (κ2) is 43.0. The quantitative estimate of drug-likeness (QED) is 0.0371. The molecule has 0 aliphatic carbocycles. The lowest BCUT2D eigenvalue weighted by atomic mass is 10.0. The molecule has 53 heavy (non-hydrogen) atoms. The van der Waals surface area contributed by atoms with Gasteiger partial charge in [-0.15, -0.1) is 0 Å². The lowest BCUT2D eigenvalue weighted by molar-refractivity contribution is -0.131. The van der Waals surface area contributed by atoms with E-state index in [2.05, 4.69) is 55.6 Å². The number of carbonyl (C=O) groups is 1. The van der Waals surface area contributed by atoms with E-state index in [9.17, 15) is 20.1 Å². The number of aliphatic hydroxyl groups excluding tert-OH is 3. The van der Waals surface area contributed by atoms with Crippen LogP contribution in [0.2, 0.25) is 0 Å². The predicted molar refractivity (Wildman–Crippen MR) is 231 cm³/mol. The Bertz CT molecular complexity index is 866. The van der Waals surface area contributed by atoms with Crippen molar-refractivity contribution >= 4 is 5.91 Å². The van der Waals surface area contributed by atoms with Gasteiger partial charge in [0, 0.05) is 0 Å². The first-order valence-corrected chi connectivity index (χ1v) is 23.0. The lowest BCUT2D eigenvalue weighted by Crippen LogP contribution is -2.48. The number of nitrogens with one attached hydrogen (secondary N) is 1. The van der Waals surface area contributed by atoms with Crippen LogP contribution in [0.3, 0.4) is 0 Å². The highest BCUT2D eigenvalue weighted by Gasteiger charge is 2.22. The number of rotatable bonds is 41. The maximum atomic E-state index is 12.5. The lowest BCUT2D eigenvalue weighted by Gasteiger charge is -2.21. The van der Waals surface area contributed by atoms with Gasteiger partial charge in [0.25, 0.3) is 0 Å². The van der Waals surface area contributed by atoms with Crippen molar-refractivity contribution in [2.75, 3.05) is 6.61 Å². The molecule has 310 valence electrons. The molecule has 0 aromatic carbocycles. The Labute approximate surface area is 329 Å². The topological polar surface area (TPSA) is 89.8 Å². The van der Waals surface area contributed by atoms with Crippen molar-refractivity contribution in [2.24, 2.45) is 0 Å². The Morgan fingerprint density at radius 3 is 1.15 bits per heavy atom. The zero-order chi connectivity index (χ0) is 38.7. The average Bonchev–Trinajstić information content (AvgIpc) is 3.16. The van der Waals surface area contributed by atoms with E-state index in [0.717, 1.165) is 44.9 Å². The van der Waals surface area contributed by atoms with E-state index in [1.165, 1.54) is 161 Å². The van der Waals surface area contributed by atoms with Gasteiger partial charge in [-0.05, 0) is 70.6 Å². The third kappa shape index (κ3) is 38.4. The first-order valence-electron chi connectivity index (χ1n) is 23.0. The molecule has 5 nitrogen and oxygen atoms in total. The van der Waals surface area contributed by atoms with Gasteiger partial charge in [-0.2, -0.15) is 0 Å². The van der Waals surface area contributed by atoms with Crippen LogP contribution >= 0.6 is 0 Å². The van der Waals surface area contributed by atoms with Crippen LogP contribution in [0.5, 0.6) is 0 Å². The van der Waals surface area contributed by atoms with Gasteiger partial charge in [0.05, 0.1) is 18.8 Å². The minimum absolute atomic E-state index is 0.383. The number of amides is 1. The summed E-state index contributed by atoms with van der Waals surface area (Å²) in [7, 11) is 0. The first-order chi connectivity index (χ1) is 26.1. The number of hydrogen-bond acceptors (Lipinski definition) is 4. The zero-order valence-electron chi connectivity index (χ0n) is 35.1. The summed E-state index contributed by atoms with van der Waals surface area (Å²) in [6.07, 6.45) is 55.8. The van der Waals surface area contributed by atoms with E-state index in [4.69, 9.17) is 0 Å². The Hall–Kier alpha value is -1.69. The number of hydrogen-bond donors (Lipinski definition) is 4. The minimum atomic E-state index is -1.11. The fourth-order valence-electron chi connectivity index (χ4n) is 6.74. The van der Waals surface area contributed by atoms with Gasteiger partial charge in [-0.25, -0.2) is 0 Å². The normalized spacial score (nSPS) is 14.0. The molecule has 0 fully saturated rings. The molecule has 0 aliphatic rings. The van der Waals surface area contributed by atoms with Gasteiger partial charge in [-0.3, -0.25) is 4.79 Å². The standard InChI is InChI=1S/C48H89NO4/c1-3-5-7-9-11-13-15-17-19-20-21-22-23-24-25-26-27-29-31-33-35-37-39-41-43-47(52)48(53)49-45(44-50)46(51)42-40-38-36-34-32-30-28-18-16-14-12-10-8-6-4-2/h16,18,24-25,32,34,40,42,45-47,50-52H,3-15,17,19-23,26-31,33,35-39,41,43-44H2,1-2H3,(H,49,53)/b18-16+,25-24-,34-32+,42-40+. The van der Waals surface area contributed by atoms with Crippen LogP contribution in [0, 0.1) is 0 Å². The Kier molecular flexibility index (Phi) is 41.7. The molecule has 0 aliphatic heterocycles. The van der Waals surface area contributed by atoms with Crippen molar-refractivity contribution in [3.63, 3.8) is 0 Å². The van der Waals surface area contributed by atoms with Crippen molar-refractivity contribution in [3.8, 4) is 0 Å². The molecular formula is C48H89NO4. The third-order valence-corrected chi connectivity index (χ3v) is 10.4. The molecule has 0 saturated carbocycles. The number of allylic oxidation sites excluding steroid dienone is 7. The summed E-state index contributed by atoms with van der Waals surface area (Å²) < 4.78 is 0. The molecule has 0 aromatic heterocycles. The van der Waals surface area contributed by atoms with Crippen molar-refractivity contribution in [2.45, 2.75) is 244 Å². The highest BCUT2D eigenvalue weighted by molar-refractivity contribution is 5.80. The molecule has 1 amide bonds. The Morgan fingerprint density at radius 2 is 0.774 bits per heavy atom. The fourth-order valence-corrected chi connectivity index (χ4v) is 6.74. The molecular weight excluding hydrogens is 655 g/mol. The monoisotopic (exact) mass is 744 g/mol. The van der Waals surface area contributed by atoms with Crippen molar-refractivity contribution < 1.29 is 20.1 Å². The SMILES string of the molecule is CCCCCCC/C=C/CC/C=C/CC/C=C/C(O)C(CO)NC(=O)C(O)CCCCCCCCCC/C=C\CCCCCCCCCCCCCC. The number of unbranched alkanes of at least 4 members (excludes halogenated alkanes) is 27. The molecule has 5 heteroatoms. The molecule has 0 heterocycles. The van der Waals surface area contributed by atoms with Crippen LogP contribution in [0.25, 0.3) is 0 Å². The first kappa shape index (κ1) is 51.3. The maximum absolute atomic E-state index is 12.5. The fraction of sp³-hybridized carbons (Fsp3) is 0.812. The minimum Gasteiger partial charge on any atom is -0.394 e. The maximum Gasteiger partial charge on any atom is 0.249 e. The van der Waals surface area contributed by atoms with Gasteiger partial charge in [0.15, 0.2) is 0 Å². The summed E-state index contributed by atoms with van der Waals surface area (Å²) >= 11 is 0. The van der Waals surface area contributed by atoms with Gasteiger partial charge in [0.2, 0.25) is 5.91 Å². The summed E-state index contributed by atoms with van der Waals surface area (Å²) in [5, 5.41) is 33.1. The number of carbonyl (C=O) groups excluding carboxylic acids is 1. The van der Waals surface area contributed by atoms with Crippen LogP contribution in [0.15, 0.2) is 48.6 Å². The van der Waals surface area contributed by atoms with Gasteiger partial charge in [-0.1, -0.05) is 204 Å². The summed E-state index contributed by atoms with van der Waals surface area (Å²) in [5.74, 6) is -0.520. The van der Waals surface area contributed by atoms with Crippen molar-refractivity contribution in [3.05, 3.63) is 48.6 Å². The van der Waals surface area contributed by atoms with E-state index >= 15 is 0 Å². The van der Waals surface area contributed by atoms with Crippen molar-refractivity contribution in [1.29, 1.82) is 0 Å². The predicted octanol–water partition coefficient (Wildman–Crippen LogP) is 13.3. The third-order valence-electron chi connectivity index (χ3n) is 10.4. The van der Waals surface area contributed by atoms with Crippen LogP contribution in [0.1, 0.15) is 226 Å². The second-order valence-corrected chi connectivity index (χ2v) is 15.6. The highest BCUT2D eigenvalue weighted by atomic mass is 16.3. The van der Waals surface area contributed by atoms with Crippen LogP contribution in [0.4, 0.5) is 0 Å². The molecule has 0 bridgehead atoms. The molecule has 0 radical (unpaired) electrons. The van der Waals surface area contributed by atoms with E-state index in [1.807, 2.05) is 6.08 Å². The molecule has 0 spiro atoms. The van der Waals surface area contributed by atoms with E-state index in [1.54, 1.807) is 6.08 Å². The summed E-state index contributed by atoms with van der Waals surface area (Å²) in [6.45, 7) is 4.15. The smallest absolute Gasteiger partial charge is 0.249 e. The van der Waals surface area contributed by atoms with Crippen LogP contribution in [-0.4, -0.2) is 46.1 Å². The van der Waals surface area contributed by atoms with Crippen LogP contribution < -0.4 is 5.32 Å². The van der Waals surface area contributed by atoms with Gasteiger partial charge < -0.3 is 20.6 Å². The molecule has 0 aromatic rings. The summed E-state index contributed by atoms with van der Waals surface area (Å²) in [4.78, 5) is 12.5. The van der Waals surface area contributed by atoms with E-state index in [-0.39, 0.29) is 6.61 Å². The summed E-state index contributed by atoms with van der Waals surface area (Å²) in [6, 6.07) is -0.822. The Morgan fingerprint density at radius 1 is 0.453 bits per heavy atom.